The van der Waals surface area contributed by atoms with Gasteiger partial charge in [0.25, 0.3) is 0 Å². The molecular formula is C44H38ClN7O. The Hall–Kier alpha value is -5.96. The van der Waals surface area contributed by atoms with Crippen LogP contribution in [0.25, 0.3) is 33.5 Å². The van der Waals surface area contributed by atoms with Gasteiger partial charge in [0, 0.05) is 29.5 Å². The van der Waals surface area contributed by atoms with Crippen LogP contribution in [0, 0.1) is 0 Å². The summed E-state index contributed by atoms with van der Waals surface area (Å²) in [6.07, 6.45) is 2.86. The minimum Gasteiger partial charge on any atom is -0.390 e. The molecule has 3 heterocycles. The third-order valence-electron chi connectivity index (χ3n) is 9.83. The van der Waals surface area contributed by atoms with Crippen LogP contribution in [0.3, 0.4) is 0 Å². The first-order valence-electron chi connectivity index (χ1n) is 17.9. The van der Waals surface area contributed by atoms with E-state index in [0.717, 1.165) is 75.1 Å². The average Bonchev–Trinajstić information content (AvgIpc) is 3.82. The topological polar surface area (TPSA) is 94.5 Å². The molecule has 0 fully saturated rings. The molecule has 0 saturated carbocycles. The maximum atomic E-state index is 10.1. The van der Waals surface area contributed by atoms with E-state index < -0.39 is 5.54 Å². The molecule has 262 valence electrons. The summed E-state index contributed by atoms with van der Waals surface area (Å²) in [5.74, 6) is 1.40. The van der Waals surface area contributed by atoms with Crippen molar-refractivity contribution in [2.24, 2.45) is 0 Å². The summed E-state index contributed by atoms with van der Waals surface area (Å²) in [6, 6.07) is 49.5. The van der Waals surface area contributed by atoms with Gasteiger partial charge in [0.15, 0.2) is 10.7 Å². The average molecular weight is 716 g/mol. The van der Waals surface area contributed by atoms with Crippen molar-refractivity contribution in [2.45, 2.75) is 44.9 Å². The monoisotopic (exact) mass is 715 g/mol. The van der Waals surface area contributed by atoms with Crippen LogP contribution >= 0.6 is 11.6 Å². The number of aliphatic hydroxyl groups is 1. The van der Waals surface area contributed by atoms with Gasteiger partial charge < -0.3 is 9.67 Å². The lowest BCUT2D eigenvalue weighted by Gasteiger charge is -2.34. The molecule has 8 rings (SSSR count). The highest BCUT2D eigenvalue weighted by atomic mass is 35.5. The van der Waals surface area contributed by atoms with E-state index in [1.54, 1.807) is 4.80 Å². The van der Waals surface area contributed by atoms with Gasteiger partial charge in [-0.3, -0.25) is 0 Å². The summed E-state index contributed by atoms with van der Waals surface area (Å²) in [5.41, 5.74) is 7.32. The fourth-order valence-corrected chi connectivity index (χ4v) is 7.48. The fraction of sp³-hybridized carbons (Fsp3) is 0.159. The lowest BCUT2D eigenvalue weighted by Crippen LogP contribution is -2.39. The number of pyridine rings is 1. The molecule has 0 atom stereocenters. The van der Waals surface area contributed by atoms with E-state index in [1.165, 1.54) is 0 Å². The number of fused-ring (bicyclic) bond motifs is 1. The quantitative estimate of drug-likeness (QED) is 0.127. The van der Waals surface area contributed by atoms with E-state index in [2.05, 4.69) is 72.6 Å². The van der Waals surface area contributed by atoms with Crippen LogP contribution in [0.15, 0.2) is 146 Å². The number of rotatable bonds is 12. The van der Waals surface area contributed by atoms with Gasteiger partial charge >= 0.3 is 0 Å². The first kappa shape index (κ1) is 34.1. The molecular weight excluding hydrogens is 678 g/mol. The number of hydrogen-bond donors (Lipinski definition) is 1. The van der Waals surface area contributed by atoms with Crippen LogP contribution in [-0.4, -0.2) is 39.8 Å². The Morgan fingerprint density at radius 3 is 1.94 bits per heavy atom. The van der Waals surface area contributed by atoms with Crippen molar-refractivity contribution in [2.75, 3.05) is 0 Å². The number of unbranched alkanes of at least 4 members (excludes halogenated alkanes) is 1. The molecule has 8 nitrogen and oxygen atoms in total. The second-order valence-electron chi connectivity index (χ2n) is 13.1. The summed E-state index contributed by atoms with van der Waals surface area (Å²) >= 11 is 6.41. The van der Waals surface area contributed by atoms with Crippen LogP contribution in [0.2, 0.25) is 5.15 Å². The van der Waals surface area contributed by atoms with Crippen molar-refractivity contribution in [3.05, 3.63) is 185 Å². The van der Waals surface area contributed by atoms with Gasteiger partial charge in [-0.05, 0) is 52.1 Å². The third-order valence-corrected chi connectivity index (χ3v) is 10.1. The number of halogens is 1. The van der Waals surface area contributed by atoms with E-state index in [1.807, 2.05) is 89.5 Å². The highest BCUT2D eigenvalue weighted by Crippen LogP contribution is 2.40. The molecule has 0 amide bonds. The Morgan fingerprint density at radius 2 is 1.32 bits per heavy atom. The minimum atomic E-state index is -0.875. The van der Waals surface area contributed by atoms with Gasteiger partial charge in [0.1, 0.15) is 5.82 Å². The maximum Gasteiger partial charge on any atom is 0.205 e. The SMILES string of the molecule is CCCCc1nc(Cl)c(CO)n1Cc1ccc2nc(-c3ccccc3-c3nnn(C(c4ccccc4)(c4ccccc4)c4ccccc4)n3)ccc2c1. The van der Waals surface area contributed by atoms with Crippen molar-refractivity contribution in [1.29, 1.82) is 0 Å². The Labute approximate surface area is 313 Å². The van der Waals surface area contributed by atoms with E-state index in [-0.39, 0.29) is 6.61 Å². The molecule has 5 aromatic carbocycles. The fourth-order valence-electron chi connectivity index (χ4n) is 7.22. The highest BCUT2D eigenvalue weighted by Gasteiger charge is 2.41. The number of tetrazole rings is 1. The van der Waals surface area contributed by atoms with Gasteiger partial charge in [-0.15, -0.1) is 15.0 Å². The zero-order chi connectivity index (χ0) is 36.2. The first-order chi connectivity index (χ1) is 26.1. The maximum absolute atomic E-state index is 10.1. The molecule has 0 saturated heterocycles. The predicted octanol–water partition coefficient (Wildman–Crippen LogP) is 9.13. The van der Waals surface area contributed by atoms with E-state index in [4.69, 9.17) is 32.0 Å². The molecule has 9 heteroatoms. The molecule has 1 N–H and O–H groups in total. The van der Waals surface area contributed by atoms with Crippen molar-refractivity contribution >= 4 is 22.5 Å². The van der Waals surface area contributed by atoms with Crippen LogP contribution in [-0.2, 0) is 25.1 Å². The number of nitrogens with zero attached hydrogens (tertiary/aromatic N) is 7. The molecule has 3 aromatic heterocycles. The van der Waals surface area contributed by atoms with Crippen molar-refractivity contribution in [1.82, 2.24) is 34.7 Å². The number of aromatic nitrogens is 7. The van der Waals surface area contributed by atoms with Crippen molar-refractivity contribution < 1.29 is 5.11 Å². The molecule has 8 aromatic rings. The Morgan fingerprint density at radius 1 is 0.698 bits per heavy atom. The Balaban J connectivity index is 1.18. The van der Waals surface area contributed by atoms with E-state index in [0.29, 0.717) is 23.2 Å². The molecule has 0 aliphatic heterocycles. The summed E-state index contributed by atoms with van der Waals surface area (Å²) in [6.45, 7) is 2.55. The van der Waals surface area contributed by atoms with Gasteiger partial charge in [0.2, 0.25) is 5.82 Å². The van der Waals surface area contributed by atoms with Crippen molar-refractivity contribution in [3.8, 4) is 22.6 Å². The smallest absolute Gasteiger partial charge is 0.205 e. The lowest BCUT2D eigenvalue weighted by molar-refractivity contribution is 0.271. The van der Waals surface area contributed by atoms with E-state index >= 15 is 0 Å². The second-order valence-corrected chi connectivity index (χ2v) is 13.5. The molecule has 0 unspecified atom stereocenters. The third kappa shape index (κ3) is 6.41. The first-order valence-corrected chi connectivity index (χ1v) is 18.3. The normalized spacial score (nSPS) is 11.7. The minimum absolute atomic E-state index is 0.162. The molecule has 0 spiro atoms. The van der Waals surface area contributed by atoms with Gasteiger partial charge in [-0.2, -0.15) is 0 Å². The molecule has 0 bridgehead atoms. The number of imidazole rings is 1. The lowest BCUT2D eigenvalue weighted by atomic mass is 9.77. The molecule has 53 heavy (non-hydrogen) atoms. The number of aryl methyl sites for hydroxylation is 1. The Kier molecular flexibility index (Phi) is 9.63. The van der Waals surface area contributed by atoms with Crippen LogP contribution in [0.1, 0.15) is 53.5 Å². The van der Waals surface area contributed by atoms with Gasteiger partial charge in [-0.25, -0.2) is 9.97 Å². The highest BCUT2D eigenvalue weighted by molar-refractivity contribution is 6.30. The standard InChI is InChI=1S/C44H38ClN7O/c1-2-3-23-41-47-42(45)40(30-53)51(41)29-31-24-26-38-32(28-31)25-27-39(46-38)36-21-13-14-22-37(36)43-48-50-52(49-43)44(33-15-7-4-8-16-33,34-17-9-5-10-18-34)35-19-11-6-12-20-35/h4-22,24-28,53H,2-3,23,29-30H2,1H3. The Bertz CT molecular complexity index is 2380. The number of benzene rings is 5. The second kappa shape index (κ2) is 14.9. The number of hydrogen-bond acceptors (Lipinski definition) is 6. The van der Waals surface area contributed by atoms with Crippen LogP contribution in [0.5, 0.6) is 0 Å². The largest absolute Gasteiger partial charge is 0.390 e. The summed E-state index contributed by atoms with van der Waals surface area (Å²) < 4.78 is 2.04. The molecule has 0 aliphatic rings. The van der Waals surface area contributed by atoms with Gasteiger partial charge in [-0.1, -0.05) is 152 Å². The zero-order valence-electron chi connectivity index (χ0n) is 29.3. The van der Waals surface area contributed by atoms with Gasteiger partial charge in [0.05, 0.1) is 23.5 Å². The van der Waals surface area contributed by atoms with Crippen molar-refractivity contribution in [3.63, 3.8) is 0 Å². The van der Waals surface area contributed by atoms with Crippen LogP contribution in [0.4, 0.5) is 0 Å². The summed E-state index contributed by atoms with van der Waals surface area (Å²) in [4.78, 5) is 11.4. The number of aliphatic hydroxyl groups excluding tert-OH is 1. The molecule has 0 aliphatic carbocycles. The van der Waals surface area contributed by atoms with E-state index in [9.17, 15) is 5.11 Å². The van der Waals surface area contributed by atoms with Crippen LogP contribution < -0.4 is 0 Å². The zero-order valence-corrected chi connectivity index (χ0v) is 30.1. The predicted molar refractivity (Wildman–Crippen MR) is 209 cm³/mol. The summed E-state index contributed by atoms with van der Waals surface area (Å²) in [5, 5.41) is 26.1. The molecule has 0 radical (unpaired) electrons. The summed E-state index contributed by atoms with van der Waals surface area (Å²) in [7, 11) is 0.